The van der Waals surface area contributed by atoms with Crippen LogP contribution in [0.4, 0.5) is 35.9 Å². The molecular weight excluding hydrogens is 379 g/mol. The van der Waals surface area contributed by atoms with Crippen LogP contribution in [-0.2, 0) is 18.9 Å². The summed E-state index contributed by atoms with van der Waals surface area (Å²) in [6.45, 7) is -0.761. The number of nitrogens with one attached hydrogen (secondary N) is 1. The van der Waals surface area contributed by atoms with Gasteiger partial charge in [-0.05, 0) is 17.7 Å². The number of anilines is 1. The van der Waals surface area contributed by atoms with Crippen molar-refractivity contribution in [2.75, 3.05) is 5.73 Å². The number of carbonyl (C=O) groups excluding carboxylic acids is 1. The summed E-state index contributed by atoms with van der Waals surface area (Å²) >= 11 is 0.249. The average molecular weight is 387 g/mol. The zero-order valence-corrected chi connectivity index (χ0v) is 12.7. The molecule has 0 spiro atoms. The fourth-order valence-corrected chi connectivity index (χ4v) is 2.67. The van der Waals surface area contributed by atoms with Gasteiger partial charge in [-0.15, -0.1) is 0 Å². The quantitative estimate of drug-likeness (QED) is 0.787. The number of carbonyl (C=O) groups is 1. The molecule has 3 N–H and O–H groups in total. The molecule has 12 heteroatoms. The zero-order chi connectivity index (χ0) is 19.0. The number of nitrogen functional groups attached to an aromatic ring is 1. The molecular formula is C13H8F7N3OS. The van der Waals surface area contributed by atoms with Crippen molar-refractivity contribution in [3.8, 4) is 0 Å². The third kappa shape index (κ3) is 4.38. The molecule has 1 amide bonds. The fraction of sp³-hybridized carbons (Fsp3) is 0.231. The maximum absolute atomic E-state index is 13.0. The van der Waals surface area contributed by atoms with E-state index in [2.05, 4.69) is 4.98 Å². The zero-order valence-electron chi connectivity index (χ0n) is 11.9. The van der Waals surface area contributed by atoms with Crippen molar-refractivity contribution >= 4 is 22.4 Å². The molecule has 0 saturated heterocycles. The molecule has 2 aromatic rings. The molecule has 1 heterocycles. The topological polar surface area (TPSA) is 68.0 Å². The van der Waals surface area contributed by atoms with Crippen LogP contribution in [0.2, 0.25) is 0 Å². The van der Waals surface area contributed by atoms with E-state index in [0.29, 0.717) is 0 Å². The number of amides is 1. The van der Waals surface area contributed by atoms with Gasteiger partial charge in [-0.2, -0.15) is 26.3 Å². The van der Waals surface area contributed by atoms with E-state index in [1.165, 1.54) is 0 Å². The number of alkyl halides is 6. The van der Waals surface area contributed by atoms with Crippen LogP contribution < -0.4 is 11.1 Å². The first-order valence-corrected chi connectivity index (χ1v) is 7.18. The first kappa shape index (κ1) is 19.0. The van der Waals surface area contributed by atoms with Gasteiger partial charge in [0.25, 0.3) is 5.91 Å². The first-order valence-electron chi connectivity index (χ1n) is 6.37. The fourth-order valence-electron chi connectivity index (χ4n) is 1.91. The number of benzene rings is 1. The van der Waals surface area contributed by atoms with Crippen LogP contribution in [0.3, 0.4) is 0 Å². The van der Waals surface area contributed by atoms with Crippen LogP contribution >= 0.6 is 11.3 Å². The standard InChI is InChI=1S/C13H8F7N3OS/c14-6-2-1-5(7(3-6)12(15,16)17)4-22-10(24)8-9(13(18,19)20)23-11(21)25-8/h1-3H,4H2,(H2,21,23)(H,22,24). The number of thiazole rings is 1. The van der Waals surface area contributed by atoms with E-state index >= 15 is 0 Å². The van der Waals surface area contributed by atoms with E-state index < -0.39 is 57.5 Å². The number of nitrogens with two attached hydrogens (primary N) is 1. The molecule has 0 saturated carbocycles. The Bertz CT molecular complexity index is 798. The summed E-state index contributed by atoms with van der Waals surface area (Å²) in [5.74, 6) is -2.43. The van der Waals surface area contributed by atoms with E-state index in [9.17, 15) is 35.5 Å². The highest BCUT2D eigenvalue weighted by Gasteiger charge is 2.39. The highest BCUT2D eigenvalue weighted by atomic mass is 32.1. The Morgan fingerprint density at radius 1 is 1.16 bits per heavy atom. The third-order valence-corrected chi connectivity index (χ3v) is 3.82. The van der Waals surface area contributed by atoms with Crippen molar-refractivity contribution in [2.24, 2.45) is 0 Å². The summed E-state index contributed by atoms with van der Waals surface area (Å²) in [4.78, 5) is 14.0. The molecule has 0 unspecified atom stereocenters. The van der Waals surface area contributed by atoms with Gasteiger partial charge in [-0.1, -0.05) is 17.4 Å². The maximum atomic E-state index is 13.0. The summed E-state index contributed by atoms with van der Waals surface area (Å²) in [7, 11) is 0. The summed E-state index contributed by atoms with van der Waals surface area (Å²) in [6, 6.07) is 1.75. The molecule has 136 valence electrons. The Hall–Kier alpha value is -2.37. The van der Waals surface area contributed by atoms with Crippen LogP contribution in [0.15, 0.2) is 18.2 Å². The molecule has 1 aromatic heterocycles. The summed E-state index contributed by atoms with van der Waals surface area (Å²) in [5, 5.41) is 1.41. The number of hydrogen-bond acceptors (Lipinski definition) is 4. The molecule has 4 nitrogen and oxygen atoms in total. The van der Waals surface area contributed by atoms with E-state index in [4.69, 9.17) is 5.73 Å². The van der Waals surface area contributed by atoms with Gasteiger partial charge >= 0.3 is 12.4 Å². The number of nitrogens with zero attached hydrogens (tertiary/aromatic N) is 1. The van der Waals surface area contributed by atoms with Gasteiger partial charge in [-0.3, -0.25) is 4.79 Å². The number of rotatable bonds is 3. The van der Waals surface area contributed by atoms with Gasteiger partial charge in [0.05, 0.1) is 5.56 Å². The second kappa shape index (κ2) is 6.50. The predicted octanol–water partition coefficient (Wildman–Crippen LogP) is 3.83. The second-order valence-corrected chi connectivity index (χ2v) is 5.74. The van der Waals surface area contributed by atoms with E-state index in [-0.39, 0.29) is 17.4 Å². The Kier molecular flexibility index (Phi) is 4.93. The molecule has 1 aromatic carbocycles. The smallest absolute Gasteiger partial charge is 0.375 e. The molecule has 0 aliphatic carbocycles. The Morgan fingerprint density at radius 2 is 1.80 bits per heavy atom. The van der Waals surface area contributed by atoms with E-state index in [1.807, 2.05) is 5.32 Å². The Labute approximate surface area is 139 Å². The molecule has 0 fully saturated rings. The lowest BCUT2D eigenvalue weighted by molar-refractivity contribution is -0.141. The second-order valence-electron chi connectivity index (χ2n) is 4.71. The van der Waals surface area contributed by atoms with Crippen molar-refractivity contribution in [2.45, 2.75) is 18.9 Å². The van der Waals surface area contributed by atoms with Crippen molar-refractivity contribution in [3.63, 3.8) is 0 Å². The predicted molar refractivity (Wildman–Crippen MR) is 74.1 cm³/mol. The highest BCUT2D eigenvalue weighted by molar-refractivity contribution is 7.17. The van der Waals surface area contributed by atoms with Crippen LogP contribution in [0, 0.1) is 5.82 Å². The van der Waals surface area contributed by atoms with Crippen molar-refractivity contribution in [1.82, 2.24) is 10.3 Å². The summed E-state index contributed by atoms with van der Waals surface area (Å²) in [6.07, 6.45) is -9.85. The largest absolute Gasteiger partial charge is 0.435 e. The first-order chi connectivity index (χ1) is 11.4. The van der Waals surface area contributed by atoms with E-state index in [1.54, 1.807) is 0 Å². The van der Waals surface area contributed by atoms with Gasteiger partial charge in [-0.25, -0.2) is 9.37 Å². The van der Waals surface area contributed by atoms with Crippen LogP contribution in [0.25, 0.3) is 0 Å². The highest BCUT2D eigenvalue weighted by Crippen LogP contribution is 2.35. The van der Waals surface area contributed by atoms with Crippen molar-refractivity contribution < 1.29 is 35.5 Å². The third-order valence-electron chi connectivity index (χ3n) is 2.94. The molecule has 0 aliphatic rings. The SMILES string of the molecule is Nc1nc(C(F)(F)F)c(C(=O)NCc2ccc(F)cc2C(F)(F)F)s1. The normalized spacial score (nSPS) is 12.3. The summed E-state index contributed by atoms with van der Waals surface area (Å²) < 4.78 is 89.8. The van der Waals surface area contributed by atoms with Crippen LogP contribution in [-0.4, -0.2) is 10.9 Å². The molecule has 0 bridgehead atoms. The van der Waals surface area contributed by atoms with Gasteiger partial charge < -0.3 is 11.1 Å². The lowest BCUT2D eigenvalue weighted by Gasteiger charge is -2.13. The van der Waals surface area contributed by atoms with Gasteiger partial charge in [0.2, 0.25) is 0 Å². The van der Waals surface area contributed by atoms with Gasteiger partial charge in [0.15, 0.2) is 10.8 Å². The molecule has 0 radical (unpaired) electrons. The minimum Gasteiger partial charge on any atom is -0.375 e. The van der Waals surface area contributed by atoms with Gasteiger partial charge in [0.1, 0.15) is 10.7 Å². The molecule has 0 atom stereocenters. The molecule has 0 aliphatic heterocycles. The number of halogens is 7. The Morgan fingerprint density at radius 3 is 2.36 bits per heavy atom. The number of aromatic nitrogens is 1. The molecule has 25 heavy (non-hydrogen) atoms. The number of hydrogen-bond donors (Lipinski definition) is 2. The van der Waals surface area contributed by atoms with Crippen molar-refractivity contribution in [3.05, 3.63) is 45.7 Å². The Balaban J connectivity index is 2.25. The maximum Gasteiger partial charge on any atom is 0.435 e. The lowest BCUT2D eigenvalue weighted by Crippen LogP contribution is -2.26. The van der Waals surface area contributed by atoms with Gasteiger partial charge in [0, 0.05) is 6.54 Å². The van der Waals surface area contributed by atoms with Crippen LogP contribution in [0.1, 0.15) is 26.5 Å². The lowest BCUT2D eigenvalue weighted by atomic mass is 10.1. The summed E-state index contributed by atoms with van der Waals surface area (Å²) in [5.41, 5.74) is 1.78. The molecule has 2 rings (SSSR count). The van der Waals surface area contributed by atoms with E-state index in [0.717, 1.165) is 12.1 Å². The van der Waals surface area contributed by atoms with Crippen LogP contribution in [0.5, 0.6) is 0 Å². The monoisotopic (exact) mass is 387 g/mol. The average Bonchev–Trinajstić information content (AvgIpc) is 2.87. The van der Waals surface area contributed by atoms with Crippen molar-refractivity contribution in [1.29, 1.82) is 0 Å². The minimum atomic E-state index is -4.95. The minimum absolute atomic E-state index is 0.229.